The minimum Gasteiger partial charge on any atom is -0.445 e. The Morgan fingerprint density at radius 1 is 1.39 bits per heavy atom. The topological polar surface area (TPSA) is 72.6 Å². The third-order valence-corrected chi connectivity index (χ3v) is 2.92. The predicted octanol–water partition coefficient (Wildman–Crippen LogP) is 0.925. The Kier molecular flexibility index (Phi) is 3.94. The lowest BCUT2D eigenvalue weighted by Gasteiger charge is -2.28. The molecule has 1 heterocycles. The minimum atomic E-state index is -0.581. The van der Waals surface area contributed by atoms with Crippen molar-refractivity contribution >= 4 is 11.9 Å². The number of ketones is 1. The summed E-state index contributed by atoms with van der Waals surface area (Å²) in [5.74, 6) is 0.00195. The molecule has 1 aromatic carbocycles. The molecule has 2 rings (SSSR count). The lowest BCUT2D eigenvalue weighted by Crippen LogP contribution is -2.51. The average Bonchev–Trinajstić information content (AvgIpc) is 2.40. The Bertz CT molecular complexity index is 433. The molecular formula is C13H16N2O3. The van der Waals surface area contributed by atoms with Gasteiger partial charge in [-0.15, -0.1) is 0 Å². The van der Waals surface area contributed by atoms with Crippen molar-refractivity contribution in [2.75, 3.05) is 13.1 Å². The van der Waals surface area contributed by atoms with Crippen LogP contribution in [0.3, 0.4) is 0 Å². The summed E-state index contributed by atoms with van der Waals surface area (Å²) in [4.78, 5) is 24.5. The summed E-state index contributed by atoms with van der Waals surface area (Å²) in [6, 6.07) is 8.87. The molecule has 0 aliphatic carbocycles. The fourth-order valence-corrected chi connectivity index (χ4v) is 1.84. The summed E-state index contributed by atoms with van der Waals surface area (Å²) in [5.41, 5.74) is 6.55. The zero-order valence-electron chi connectivity index (χ0n) is 10.0. The van der Waals surface area contributed by atoms with Crippen LogP contribution < -0.4 is 5.73 Å². The lowest BCUT2D eigenvalue weighted by molar-refractivity contribution is -0.122. The van der Waals surface area contributed by atoms with Gasteiger partial charge in [-0.3, -0.25) is 4.79 Å². The van der Waals surface area contributed by atoms with Gasteiger partial charge in [0.05, 0.1) is 6.04 Å². The van der Waals surface area contributed by atoms with Crippen LogP contribution in [0.2, 0.25) is 0 Å². The van der Waals surface area contributed by atoms with E-state index in [4.69, 9.17) is 10.5 Å². The molecule has 2 N–H and O–H groups in total. The summed E-state index contributed by atoms with van der Waals surface area (Å²) < 4.78 is 5.17. The van der Waals surface area contributed by atoms with Gasteiger partial charge in [0.25, 0.3) is 0 Å². The van der Waals surface area contributed by atoms with Crippen LogP contribution in [-0.2, 0) is 16.1 Å². The second-order valence-corrected chi connectivity index (χ2v) is 4.31. The molecule has 18 heavy (non-hydrogen) atoms. The lowest BCUT2D eigenvalue weighted by atomic mass is 10.1. The second-order valence-electron chi connectivity index (χ2n) is 4.31. The van der Waals surface area contributed by atoms with Gasteiger partial charge < -0.3 is 15.4 Å². The number of hydrogen-bond acceptors (Lipinski definition) is 4. The van der Waals surface area contributed by atoms with Crippen molar-refractivity contribution in [2.24, 2.45) is 5.73 Å². The van der Waals surface area contributed by atoms with Crippen molar-refractivity contribution in [1.29, 1.82) is 0 Å². The highest BCUT2D eigenvalue weighted by atomic mass is 16.6. The Hall–Kier alpha value is -1.88. The first-order valence-electron chi connectivity index (χ1n) is 5.91. The van der Waals surface area contributed by atoms with E-state index in [2.05, 4.69) is 0 Å². The van der Waals surface area contributed by atoms with Crippen LogP contribution in [0.5, 0.6) is 0 Å². The third-order valence-electron chi connectivity index (χ3n) is 2.92. The van der Waals surface area contributed by atoms with E-state index in [9.17, 15) is 9.59 Å². The summed E-state index contributed by atoms with van der Waals surface area (Å²) in [5, 5.41) is 0. The van der Waals surface area contributed by atoms with E-state index in [-0.39, 0.29) is 18.9 Å². The smallest absolute Gasteiger partial charge is 0.410 e. The van der Waals surface area contributed by atoms with Gasteiger partial charge in [0.1, 0.15) is 6.61 Å². The number of piperidine rings is 1. The molecule has 1 aliphatic rings. The van der Waals surface area contributed by atoms with Crippen molar-refractivity contribution in [3.8, 4) is 0 Å². The van der Waals surface area contributed by atoms with E-state index >= 15 is 0 Å². The van der Waals surface area contributed by atoms with E-state index in [1.165, 1.54) is 4.90 Å². The number of amides is 1. The highest BCUT2D eigenvalue weighted by Crippen LogP contribution is 2.08. The number of ether oxygens (including phenoxy) is 1. The number of nitrogens with zero attached hydrogens (tertiary/aromatic N) is 1. The summed E-state index contributed by atoms with van der Waals surface area (Å²) in [6.45, 7) is 0.867. The van der Waals surface area contributed by atoms with Gasteiger partial charge >= 0.3 is 6.09 Å². The molecular weight excluding hydrogens is 232 g/mol. The fourth-order valence-electron chi connectivity index (χ4n) is 1.84. The number of benzene rings is 1. The van der Waals surface area contributed by atoms with Crippen molar-refractivity contribution in [3.05, 3.63) is 35.9 Å². The highest BCUT2D eigenvalue weighted by Gasteiger charge is 2.27. The first-order chi connectivity index (χ1) is 8.66. The Morgan fingerprint density at radius 3 is 2.78 bits per heavy atom. The molecule has 1 unspecified atom stereocenters. The summed E-state index contributed by atoms with van der Waals surface area (Å²) in [6.07, 6.45) is -0.108. The van der Waals surface area contributed by atoms with Crippen LogP contribution in [0.25, 0.3) is 0 Å². The summed E-state index contributed by atoms with van der Waals surface area (Å²) in [7, 11) is 0. The molecule has 1 amide bonds. The monoisotopic (exact) mass is 248 g/mol. The molecule has 1 aromatic rings. The predicted molar refractivity (Wildman–Crippen MR) is 65.8 cm³/mol. The number of likely N-dealkylation sites (tertiary alicyclic amines) is 1. The van der Waals surface area contributed by atoms with E-state index < -0.39 is 12.1 Å². The van der Waals surface area contributed by atoms with Crippen molar-refractivity contribution < 1.29 is 14.3 Å². The molecule has 1 fully saturated rings. The standard InChI is InChI=1S/C13H16N2O3/c14-11-8-15(7-6-12(11)16)13(17)18-9-10-4-2-1-3-5-10/h1-5,11H,6-9,14H2. The van der Waals surface area contributed by atoms with E-state index in [0.29, 0.717) is 13.0 Å². The van der Waals surface area contributed by atoms with Gasteiger partial charge in [0.15, 0.2) is 5.78 Å². The molecule has 0 spiro atoms. The first-order valence-corrected chi connectivity index (χ1v) is 5.91. The van der Waals surface area contributed by atoms with Gasteiger partial charge in [-0.1, -0.05) is 30.3 Å². The number of nitrogens with two attached hydrogens (primary N) is 1. The van der Waals surface area contributed by atoms with Crippen LogP contribution in [-0.4, -0.2) is 35.9 Å². The van der Waals surface area contributed by atoms with Crippen molar-refractivity contribution in [3.63, 3.8) is 0 Å². The molecule has 0 bridgehead atoms. The molecule has 1 saturated heterocycles. The quantitative estimate of drug-likeness (QED) is 0.845. The van der Waals surface area contributed by atoms with Gasteiger partial charge in [0, 0.05) is 19.5 Å². The van der Waals surface area contributed by atoms with Gasteiger partial charge in [0.2, 0.25) is 0 Å². The maximum Gasteiger partial charge on any atom is 0.410 e. The fraction of sp³-hybridized carbons (Fsp3) is 0.385. The number of carbonyl (C=O) groups excluding carboxylic acids is 2. The van der Waals surface area contributed by atoms with E-state index in [0.717, 1.165) is 5.56 Å². The zero-order chi connectivity index (χ0) is 13.0. The molecule has 0 aromatic heterocycles. The summed E-state index contributed by atoms with van der Waals surface area (Å²) >= 11 is 0. The van der Waals surface area contributed by atoms with Crippen LogP contribution in [0.15, 0.2) is 30.3 Å². The van der Waals surface area contributed by atoms with Gasteiger partial charge in [-0.05, 0) is 5.56 Å². The van der Waals surface area contributed by atoms with E-state index in [1.807, 2.05) is 30.3 Å². The SMILES string of the molecule is NC1CN(C(=O)OCc2ccccc2)CCC1=O. The Labute approximate surface area is 106 Å². The third kappa shape index (κ3) is 3.07. The molecule has 1 aliphatic heterocycles. The zero-order valence-corrected chi connectivity index (χ0v) is 10.0. The van der Waals surface area contributed by atoms with Crippen LogP contribution >= 0.6 is 0 Å². The maximum absolute atomic E-state index is 11.8. The van der Waals surface area contributed by atoms with Crippen LogP contribution in [0.1, 0.15) is 12.0 Å². The average molecular weight is 248 g/mol. The second kappa shape index (κ2) is 5.64. The van der Waals surface area contributed by atoms with Crippen molar-refractivity contribution in [2.45, 2.75) is 19.1 Å². The number of hydrogen-bond donors (Lipinski definition) is 1. The first kappa shape index (κ1) is 12.6. The highest BCUT2D eigenvalue weighted by molar-refractivity contribution is 5.86. The number of rotatable bonds is 2. The van der Waals surface area contributed by atoms with Crippen LogP contribution in [0, 0.1) is 0 Å². The normalized spacial score (nSPS) is 19.7. The minimum absolute atomic E-state index is 0.00195. The van der Waals surface area contributed by atoms with Gasteiger partial charge in [-0.2, -0.15) is 0 Å². The van der Waals surface area contributed by atoms with Gasteiger partial charge in [-0.25, -0.2) is 4.79 Å². The maximum atomic E-state index is 11.8. The van der Waals surface area contributed by atoms with Crippen LogP contribution in [0.4, 0.5) is 4.79 Å². The Morgan fingerprint density at radius 2 is 2.11 bits per heavy atom. The molecule has 1 atom stereocenters. The largest absolute Gasteiger partial charge is 0.445 e. The van der Waals surface area contributed by atoms with E-state index in [1.54, 1.807) is 0 Å². The molecule has 5 nitrogen and oxygen atoms in total. The molecule has 0 saturated carbocycles. The Balaban J connectivity index is 1.83. The molecule has 96 valence electrons. The molecule has 0 radical (unpaired) electrons. The number of carbonyl (C=O) groups is 2. The van der Waals surface area contributed by atoms with Crippen molar-refractivity contribution in [1.82, 2.24) is 4.90 Å². The number of Topliss-reactive ketones (excluding diaryl/α,β-unsaturated/α-hetero) is 1. The molecule has 5 heteroatoms.